The third-order valence-corrected chi connectivity index (χ3v) is 35.8. The molecule has 0 bridgehead atoms. The van der Waals surface area contributed by atoms with E-state index >= 15 is 0 Å². The van der Waals surface area contributed by atoms with Crippen LogP contribution in [0.5, 0.6) is 11.5 Å². The number of pyridine rings is 2. The van der Waals surface area contributed by atoms with Crippen molar-refractivity contribution >= 4 is 158 Å². The third-order valence-electron chi connectivity index (χ3n) is 25.4. The molecule has 0 radical (unpaired) electrons. The Balaban J connectivity index is 0.000000124. The largest absolute Gasteiger partial charge is 0.494 e. The number of halogens is 1. The van der Waals surface area contributed by atoms with Crippen LogP contribution in [0.4, 0.5) is 9.59 Å². The Morgan fingerprint density at radius 3 is 0.776 bits per heavy atom. The minimum atomic E-state index is -0.446. The molecule has 19 heteroatoms. The summed E-state index contributed by atoms with van der Waals surface area (Å²) < 4.78 is 24.1. The van der Waals surface area contributed by atoms with Crippen molar-refractivity contribution < 1.29 is 48.8 Å². The van der Waals surface area contributed by atoms with E-state index < -0.39 is 38.8 Å². The molecular formula is C128H112BBrN4O8P4Pd. The van der Waals surface area contributed by atoms with Crippen LogP contribution in [-0.2, 0) is 55.9 Å². The molecule has 0 spiro atoms. The maximum Gasteiger partial charge on any atom is 0.494 e. The van der Waals surface area contributed by atoms with Crippen LogP contribution >= 0.6 is 47.6 Å². The van der Waals surface area contributed by atoms with E-state index in [0.717, 1.165) is 59.5 Å². The first-order valence-corrected chi connectivity index (χ1v) is 54.8. The number of fused-ring (bicyclic) bond motifs is 4. The van der Waals surface area contributed by atoms with Crippen molar-refractivity contribution in [2.24, 2.45) is 0 Å². The van der Waals surface area contributed by atoms with Crippen molar-refractivity contribution in [2.45, 2.75) is 78.9 Å². The molecule has 0 unspecified atom stereocenters. The van der Waals surface area contributed by atoms with Gasteiger partial charge in [0, 0.05) is 85.2 Å². The van der Waals surface area contributed by atoms with Gasteiger partial charge in [0.25, 0.3) is 11.1 Å². The quantitative estimate of drug-likeness (QED) is 0.0719. The fourth-order valence-electron chi connectivity index (χ4n) is 17.3. The normalized spacial score (nSPS) is 12.7. The number of amides is 2. The van der Waals surface area contributed by atoms with E-state index in [1.807, 2.05) is 151 Å². The average molecular weight is 2160 g/mol. The molecule has 3 aliphatic heterocycles. The molecule has 0 saturated carbocycles. The number of nitrogens with one attached hydrogen (secondary N) is 2. The Morgan fingerprint density at radius 1 is 0.293 bits per heavy atom. The van der Waals surface area contributed by atoms with Gasteiger partial charge in [-0.2, -0.15) is 0 Å². The van der Waals surface area contributed by atoms with Crippen LogP contribution in [0, 0.1) is 13.8 Å². The second kappa shape index (κ2) is 51.7. The Morgan fingerprint density at radius 2 is 0.517 bits per heavy atom. The number of benzene rings is 18. The predicted octanol–water partition coefficient (Wildman–Crippen LogP) is 24.9. The molecule has 0 atom stereocenters. The molecule has 12 nitrogen and oxygen atoms in total. The predicted molar refractivity (Wildman–Crippen MR) is 618 cm³/mol. The summed E-state index contributed by atoms with van der Waals surface area (Å²) in [6.07, 6.45) is 2.70. The molecule has 5 heterocycles. The number of ether oxygens (including phenoxy) is 2. The molecule has 2 N–H and O–H groups in total. The summed E-state index contributed by atoms with van der Waals surface area (Å²) in [6.45, 7) is 14.4. The maximum atomic E-state index is 12.6. The summed E-state index contributed by atoms with van der Waals surface area (Å²) in [5.41, 5.74) is 8.76. The Labute approximate surface area is 888 Å². The van der Waals surface area contributed by atoms with Gasteiger partial charge >= 0.3 is 19.3 Å². The molecule has 147 heavy (non-hydrogen) atoms. The molecule has 3 aliphatic rings. The number of hydrogen-bond donors (Lipinski definition) is 2. The summed E-state index contributed by atoms with van der Waals surface area (Å²) in [5.74, 6) is 1.00. The molecule has 732 valence electrons. The van der Waals surface area contributed by atoms with Crippen molar-refractivity contribution in [3.8, 4) is 22.6 Å². The molecule has 20 aromatic rings. The minimum Gasteiger partial charge on any atom is -0.410 e. The van der Waals surface area contributed by atoms with Gasteiger partial charge in [-0.15, -0.1) is 0 Å². The van der Waals surface area contributed by atoms with E-state index in [1.165, 1.54) is 74.8 Å². The zero-order chi connectivity index (χ0) is 101. The molecule has 2 amide bonds. The van der Waals surface area contributed by atoms with Gasteiger partial charge in [0.2, 0.25) is 0 Å². The fourth-order valence-corrected chi connectivity index (χ4v) is 27.0. The van der Waals surface area contributed by atoms with Crippen molar-refractivity contribution in [3.05, 3.63) is 568 Å². The smallest absolute Gasteiger partial charge is 0.410 e. The van der Waals surface area contributed by atoms with Crippen molar-refractivity contribution in [3.63, 3.8) is 0 Å². The number of nitrogens with zero attached hydrogens (tertiary/aromatic N) is 2. The summed E-state index contributed by atoms with van der Waals surface area (Å²) in [7, 11) is -2.21. The number of carbonyl (C=O) groups is 2. The second-order valence-corrected chi connectivity index (χ2v) is 45.9. The summed E-state index contributed by atoms with van der Waals surface area (Å²) in [5, 5.41) is 20.0. The molecule has 0 aliphatic carbocycles. The van der Waals surface area contributed by atoms with E-state index in [4.69, 9.17) is 18.8 Å². The van der Waals surface area contributed by atoms with Gasteiger partial charge < -0.3 is 28.8 Å². The van der Waals surface area contributed by atoms with Crippen molar-refractivity contribution in [2.75, 3.05) is 0 Å². The first-order valence-electron chi connectivity index (χ1n) is 48.7. The minimum absolute atomic E-state index is 0. The maximum absolute atomic E-state index is 12.6. The van der Waals surface area contributed by atoms with E-state index in [-0.39, 0.29) is 54.9 Å². The third kappa shape index (κ3) is 27.8. The number of aromatic amines is 2. The number of aromatic nitrogens is 2. The zero-order valence-electron chi connectivity index (χ0n) is 82.5. The SMILES string of the molecule is CC1(C)OB(c2ccc(OC(=O)N3Cc4ccccc4C3)cc2)OC1(C)C.Cc1ccc2c(=O)[nH]cc(-c3ccc(OC(=O)N4Cc5ccccc5C4)cc3)c2c1.Cc1ccc2c(=O)[nH]cc(Br)c2c1.[Pd].c1ccc(P(c2ccccc2)c2ccccc2)cc1.c1ccc(P(c2ccccc2)c2ccccc2)cc1.c1ccc(P(c2ccccc2)c2ccccc2)cc1.c1ccc(P(c2ccccc2)c2ccccc2)cc1. The van der Waals surface area contributed by atoms with Crippen LogP contribution in [0.1, 0.15) is 61.1 Å². The number of carbonyl (C=O) groups excluding carboxylic acids is 2. The zero-order valence-corrected chi connectivity index (χ0v) is 89.3. The van der Waals surface area contributed by atoms with E-state index in [9.17, 15) is 19.2 Å². The standard InChI is InChI=1S/C25H20N2O3.C21H24BNO4.4C18H15P.C10H8BrNO.Pd/c1-16-6-11-21-22(12-16)23(13-26-24(21)28)17-7-9-20(10-8-17)30-25(29)27-14-18-4-2-3-5-19(18)15-27;1-20(2)21(3,4)27-22(26-20)17-9-11-18(12-10-17)25-19(24)23-13-15-7-5-6-8-16(15)14-23;4*1-4-10-16(11-5-1)19(17-12-6-2-7-13-17)18-14-8-3-9-15-18;1-6-2-3-7-8(4-6)9(11)5-12-10(7)13;/h2-13H,14-15H2,1H3,(H,26,28);5-12H,13-14H2,1-4H3;4*1-15H;2-5H,1H3,(H,12,13);. The first-order chi connectivity index (χ1) is 71.3. The summed E-state index contributed by atoms with van der Waals surface area (Å²) in [4.78, 5) is 57.4. The number of H-pyrrole nitrogens is 2. The summed E-state index contributed by atoms with van der Waals surface area (Å²) in [6, 6.07) is 172. The van der Waals surface area contributed by atoms with E-state index in [2.05, 4.69) is 390 Å². The van der Waals surface area contributed by atoms with Crippen LogP contribution in [0.25, 0.3) is 32.7 Å². The topological polar surface area (TPSA) is 143 Å². The molecule has 1 fully saturated rings. The fraction of sp³-hybridized carbons (Fsp3) is 0.0938. The van der Waals surface area contributed by atoms with Crippen molar-refractivity contribution in [1.82, 2.24) is 19.8 Å². The van der Waals surface area contributed by atoms with Gasteiger partial charge in [-0.1, -0.05) is 472 Å². The Kier molecular flexibility index (Phi) is 37.1. The Bertz CT molecular complexity index is 6840. The van der Waals surface area contributed by atoms with Gasteiger partial charge in [-0.25, -0.2) is 9.59 Å². The molecule has 1 saturated heterocycles. The molecule has 2 aromatic heterocycles. The van der Waals surface area contributed by atoms with Crippen molar-refractivity contribution in [1.29, 1.82) is 0 Å². The second-order valence-electron chi connectivity index (χ2n) is 36.1. The Hall–Kier alpha value is -14.2. The van der Waals surface area contributed by atoms with Gasteiger partial charge in [-0.05, 0) is 228 Å². The molecule has 18 aromatic carbocycles. The van der Waals surface area contributed by atoms with Crippen LogP contribution in [0.15, 0.2) is 524 Å². The van der Waals surface area contributed by atoms with Gasteiger partial charge in [0.15, 0.2) is 0 Å². The van der Waals surface area contributed by atoms with Gasteiger partial charge in [0.1, 0.15) is 11.5 Å². The van der Waals surface area contributed by atoms with Gasteiger partial charge in [-0.3, -0.25) is 19.4 Å². The van der Waals surface area contributed by atoms with E-state index in [1.54, 1.807) is 46.5 Å². The first kappa shape index (κ1) is 106. The average Bonchev–Trinajstić information content (AvgIpc) is 1.72. The van der Waals surface area contributed by atoms with E-state index in [0.29, 0.717) is 43.1 Å². The number of aryl methyl sites for hydroxylation is 2. The number of hydrogen-bond acceptors (Lipinski definition) is 8. The van der Waals surface area contributed by atoms with Crippen LogP contribution in [0.2, 0.25) is 0 Å². The van der Waals surface area contributed by atoms with Gasteiger partial charge in [0.05, 0.1) is 11.2 Å². The molecule has 23 rings (SSSR count). The van der Waals surface area contributed by atoms with Crippen LogP contribution in [-0.4, -0.2) is 50.3 Å². The van der Waals surface area contributed by atoms with Crippen LogP contribution < -0.4 is 89.7 Å². The monoisotopic (exact) mass is 2150 g/mol. The summed E-state index contributed by atoms with van der Waals surface area (Å²) >= 11 is 3.40. The van der Waals surface area contributed by atoms with Crippen LogP contribution in [0.3, 0.4) is 0 Å². The molecular weight excluding hydrogens is 2040 g/mol. The number of rotatable bonds is 16.